The van der Waals surface area contributed by atoms with Crippen LogP contribution in [-0.2, 0) is 14.8 Å². The van der Waals surface area contributed by atoms with Crippen LogP contribution in [0.25, 0.3) is 0 Å². The fourth-order valence-corrected chi connectivity index (χ4v) is 3.51. The van der Waals surface area contributed by atoms with Gasteiger partial charge in [0.2, 0.25) is 15.9 Å². The second-order valence-corrected chi connectivity index (χ2v) is 7.64. The number of nitrogens with one attached hydrogen (secondary N) is 2. The van der Waals surface area contributed by atoms with Crippen molar-refractivity contribution < 1.29 is 13.2 Å². The van der Waals surface area contributed by atoms with Crippen LogP contribution < -0.4 is 10.0 Å². The van der Waals surface area contributed by atoms with Crippen molar-refractivity contribution in [1.82, 2.24) is 14.9 Å². The Labute approximate surface area is 121 Å². The van der Waals surface area contributed by atoms with Crippen LogP contribution in [0.15, 0.2) is 0 Å². The van der Waals surface area contributed by atoms with E-state index < -0.39 is 10.0 Å². The zero-order valence-electron chi connectivity index (χ0n) is 12.1. The molecule has 20 heavy (non-hydrogen) atoms. The maximum absolute atomic E-state index is 12.6. The quantitative estimate of drug-likeness (QED) is 0.770. The minimum atomic E-state index is -3.20. The van der Waals surface area contributed by atoms with Crippen LogP contribution in [-0.4, -0.2) is 57.2 Å². The summed E-state index contributed by atoms with van der Waals surface area (Å²) < 4.78 is 25.0. The van der Waals surface area contributed by atoms with Gasteiger partial charge in [-0.3, -0.25) is 4.79 Å². The van der Waals surface area contributed by atoms with Crippen LogP contribution in [0.5, 0.6) is 0 Å². The lowest BCUT2D eigenvalue weighted by molar-refractivity contribution is -0.137. The molecule has 116 valence electrons. The van der Waals surface area contributed by atoms with Gasteiger partial charge in [-0.2, -0.15) is 0 Å². The number of hydrogen-bond donors (Lipinski definition) is 2. The van der Waals surface area contributed by atoms with E-state index in [-0.39, 0.29) is 18.0 Å². The van der Waals surface area contributed by atoms with Gasteiger partial charge < -0.3 is 10.2 Å². The highest BCUT2D eigenvalue weighted by molar-refractivity contribution is 7.88. The lowest BCUT2D eigenvalue weighted by Gasteiger charge is -2.38. The summed E-state index contributed by atoms with van der Waals surface area (Å²) in [4.78, 5) is 14.5. The normalized spacial score (nSPS) is 28.4. The van der Waals surface area contributed by atoms with E-state index in [0.717, 1.165) is 57.9 Å². The number of carbonyl (C=O) groups excluding carboxylic acids is 1. The summed E-state index contributed by atoms with van der Waals surface area (Å²) in [7, 11) is -3.20. The number of amides is 1. The van der Waals surface area contributed by atoms with E-state index in [0.29, 0.717) is 6.54 Å². The van der Waals surface area contributed by atoms with E-state index in [1.807, 2.05) is 4.90 Å². The third kappa shape index (κ3) is 4.43. The second-order valence-electron chi connectivity index (χ2n) is 5.80. The lowest BCUT2D eigenvalue weighted by atomic mass is 9.98. The molecule has 1 unspecified atom stereocenters. The molecular weight excluding hydrogens is 278 g/mol. The minimum absolute atomic E-state index is 0.00491. The highest BCUT2D eigenvalue weighted by Crippen LogP contribution is 2.20. The number of sulfonamides is 1. The Morgan fingerprint density at radius 2 is 2.00 bits per heavy atom. The molecule has 2 aliphatic heterocycles. The van der Waals surface area contributed by atoms with Crippen LogP contribution in [0.1, 0.15) is 38.5 Å². The van der Waals surface area contributed by atoms with Crippen LogP contribution in [0.4, 0.5) is 0 Å². The van der Waals surface area contributed by atoms with Crippen LogP contribution in [0, 0.1) is 0 Å². The van der Waals surface area contributed by atoms with Crippen LogP contribution in [0.3, 0.4) is 0 Å². The van der Waals surface area contributed by atoms with E-state index in [1.54, 1.807) is 0 Å². The molecule has 0 aromatic carbocycles. The molecule has 0 bridgehead atoms. The molecular formula is C13H25N3O3S. The molecule has 0 aromatic heterocycles. The monoisotopic (exact) mass is 303 g/mol. The third-order valence-corrected chi connectivity index (χ3v) is 4.79. The summed E-state index contributed by atoms with van der Waals surface area (Å²) in [5.74, 6) is 0.143. The topological polar surface area (TPSA) is 78.5 Å². The van der Waals surface area contributed by atoms with Crippen LogP contribution in [0.2, 0.25) is 0 Å². The molecule has 0 spiro atoms. The first kappa shape index (κ1) is 15.7. The van der Waals surface area contributed by atoms with Gasteiger partial charge in [0, 0.05) is 19.1 Å². The van der Waals surface area contributed by atoms with Crippen molar-refractivity contribution in [2.75, 3.05) is 25.9 Å². The molecule has 1 amide bonds. The molecule has 0 aliphatic carbocycles. The summed E-state index contributed by atoms with van der Waals surface area (Å²) in [5, 5.41) is 3.28. The molecule has 2 N–H and O–H groups in total. The third-order valence-electron chi connectivity index (χ3n) is 4.10. The number of nitrogens with zero attached hydrogens (tertiary/aromatic N) is 1. The first-order valence-corrected chi connectivity index (χ1v) is 9.35. The first-order chi connectivity index (χ1) is 9.47. The predicted molar refractivity (Wildman–Crippen MR) is 77.8 cm³/mol. The van der Waals surface area contributed by atoms with Crippen molar-refractivity contribution in [3.8, 4) is 0 Å². The van der Waals surface area contributed by atoms with E-state index in [4.69, 9.17) is 0 Å². The van der Waals surface area contributed by atoms with Gasteiger partial charge in [-0.25, -0.2) is 13.1 Å². The Hall–Kier alpha value is -0.660. The molecule has 2 fully saturated rings. The Kier molecular flexibility index (Phi) is 5.40. The average Bonchev–Trinajstić information content (AvgIpc) is 2.45. The van der Waals surface area contributed by atoms with Crippen molar-refractivity contribution >= 4 is 15.9 Å². The summed E-state index contributed by atoms with van der Waals surface area (Å²) in [6.07, 6.45) is 7.20. The summed E-state index contributed by atoms with van der Waals surface area (Å²) in [5.41, 5.74) is 0. The predicted octanol–water partition coefficient (Wildman–Crippen LogP) is 0.0588. The Morgan fingerprint density at radius 1 is 1.25 bits per heavy atom. The Morgan fingerprint density at radius 3 is 2.65 bits per heavy atom. The summed E-state index contributed by atoms with van der Waals surface area (Å²) in [6, 6.07) is -0.0858. The summed E-state index contributed by atoms with van der Waals surface area (Å²) >= 11 is 0. The average molecular weight is 303 g/mol. The SMILES string of the molecule is CS(=O)(=O)NCC1CCCCN1C(=O)[C@H]1CCCCN1. The van der Waals surface area contributed by atoms with E-state index in [2.05, 4.69) is 10.0 Å². The molecule has 2 rings (SSSR count). The molecule has 0 saturated carbocycles. The summed E-state index contributed by atoms with van der Waals surface area (Å²) in [6.45, 7) is 1.97. The highest BCUT2D eigenvalue weighted by Gasteiger charge is 2.32. The molecule has 2 aliphatic rings. The highest BCUT2D eigenvalue weighted by atomic mass is 32.2. The molecule has 6 nitrogen and oxygen atoms in total. The number of hydrogen-bond acceptors (Lipinski definition) is 4. The zero-order chi connectivity index (χ0) is 14.6. The van der Waals surface area contributed by atoms with Crippen LogP contribution >= 0.6 is 0 Å². The molecule has 7 heteroatoms. The van der Waals surface area contributed by atoms with Gasteiger partial charge in [0.25, 0.3) is 0 Å². The number of rotatable bonds is 4. The largest absolute Gasteiger partial charge is 0.337 e. The van der Waals surface area contributed by atoms with Crippen molar-refractivity contribution in [3.05, 3.63) is 0 Å². The molecule has 0 aromatic rings. The van der Waals surface area contributed by atoms with Gasteiger partial charge in [-0.1, -0.05) is 6.42 Å². The second kappa shape index (κ2) is 6.87. The van der Waals surface area contributed by atoms with Crippen molar-refractivity contribution in [1.29, 1.82) is 0 Å². The van der Waals surface area contributed by atoms with Gasteiger partial charge in [0.15, 0.2) is 0 Å². The molecule has 2 heterocycles. The van der Waals surface area contributed by atoms with Crippen molar-refractivity contribution in [2.45, 2.75) is 50.6 Å². The first-order valence-electron chi connectivity index (χ1n) is 7.46. The van der Waals surface area contributed by atoms with E-state index >= 15 is 0 Å². The van der Waals surface area contributed by atoms with E-state index in [9.17, 15) is 13.2 Å². The van der Waals surface area contributed by atoms with Gasteiger partial charge in [0.05, 0.1) is 12.3 Å². The maximum atomic E-state index is 12.6. The van der Waals surface area contributed by atoms with Crippen molar-refractivity contribution in [2.24, 2.45) is 0 Å². The van der Waals surface area contributed by atoms with E-state index in [1.165, 1.54) is 0 Å². The lowest BCUT2D eigenvalue weighted by Crippen LogP contribution is -2.55. The van der Waals surface area contributed by atoms with Gasteiger partial charge in [-0.05, 0) is 38.6 Å². The van der Waals surface area contributed by atoms with Crippen molar-refractivity contribution in [3.63, 3.8) is 0 Å². The number of piperidine rings is 2. The smallest absolute Gasteiger partial charge is 0.239 e. The van der Waals surface area contributed by atoms with Gasteiger partial charge in [-0.15, -0.1) is 0 Å². The molecule has 0 radical (unpaired) electrons. The standard InChI is InChI=1S/C13H25N3O3S/c1-20(18,19)15-10-11-6-3-5-9-16(11)13(17)12-7-2-4-8-14-12/h11-12,14-15H,2-10H2,1H3/t11?,12-/m1/s1. The number of likely N-dealkylation sites (tertiary alicyclic amines) is 1. The minimum Gasteiger partial charge on any atom is -0.337 e. The Bertz CT molecular complexity index is 432. The van der Waals surface area contributed by atoms with Gasteiger partial charge >= 0.3 is 0 Å². The maximum Gasteiger partial charge on any atom is 0.239 e. The fourth-order valence-electron chi connectivity index (χ4n) is 3.01. The van der Waals surface area contributed by atoms with Gasteiger partial charge in [0.1, 0.15) is 0 Å². The zero-order valence-corrected chi connectivity index (χ0v) is 12.9. The Balaban J connectivity index is 1.96. The number of carbonyl (C=O) groups is 1. The molecule has 2 saturated heterocycles. The molecule has 2 atom stereocenters. The fraction of sp³-hybridized carbons (Fsp3) is 0.923.